The molecule has 1 heterocycles. The molecule has 1 aliphatic heterocycles. The third-order valence-corrected chi connectivity index (χ3v) is 3.61. The van der Waals surface area contributed by atoms with Gasteiger partial charge in [-0.1, -0.05) is 0 Å². The molecule has 0 bridgehead atoms. The average Bonchev–Trinajstić information content (AvgIpc) is 3.03. The van der Waals surface area contributed by atoms with E-state index in [1.54, 1.807) is 24.3 Å². The number of ether oxygens (including phenoxy) is 2. The van der Waals surface area contributed by atoms with Crippen molar-refractivity contribution in [1.29, 1.82) is 0 Å². The Kier molecular flexibility index (Phi) is 6.71. The van der Waals surface area contributed by atoms with E-state index in [0.29, 0.717) is 30.7 Å². The molecule has 1 fully saturated rings. The number of nitrogens with one attached hydrogen (secondary N) is 1. The Hall–Kier alpha value is -2.90. The number of benzene rings is 1. The Bertz CT molecular complexity index is 683. The van der Waals surface area contributed by atoms with E-state index in [2.05, 4.69) is 5.32 Å². The van der Waals surface area contributed by atoms with Crippen molar-refractivity contribution >= 4 is 23.7 Å². The van der Waals surface area contributed by atoms with Crippen LogP contribution >= 0.6 is 0 Å². The number of imide groups is 1. The van der Waals surface area contributed by atoms with E-state index in [1.165, 1.54) is 0 Å². The lowest BCUT2D eigenvalue weighted by Gasteiger charge is -2.13. The lowest BCUT2D eigenvalue weighted by atomic mass is 10.2. The van der Waals surface area contributed by atoms with E-state index in [0.717, 1.165) is 4.90 Å². The van der Waals surface area contributed by atoms with Crippen LogP contribution < -0.4 is 10.1 Å². The van der Waals surface area contributed by atoms with Gasteiger partial charge in [-0.05, 0) is 44.5 Å². The van der Waals surface area contributed by atoms with Crippen molar-refractivity contribution < 1.29 is 28.7 Å². The number of likely N-dealkylation sites (tertiary alicyclic amines) is 1. The molecule has 0 unspecified atom stereocenters. The van der Waals surface area contributed by atoms with Crippen LogP contribution in [0.15, 0.2) is 24.3 Å². The third-order valence-electron chi connectivity index (χ3n) is 3.61. The highest BCUT2D eigenvalue weighted by molar-refractivity contribution is 5.98. The maximum absolute atomic E-state index is 12.0. The number of carbonyl (C=O) groups is 4. The Morgan fingerprint density at radius 3 is 2.46 bits per heavy atom. The highest BCUT2D eigenvalue weighted by atomic mass is 16.5. The highest BCUT2D eigenvalue weighted by Crippen LogP contribution is 2.13. The van der Waals surface area contributed by atoms with Crippen LogP contribution in [0.5, 0.6) is 5.75 Å². The predicted octanol–water partition coefficient (Wildman–Crippen LogP) is 0.896. The fourth-order valence-electron chi connectivity index (χ4n) is 2.39. The molecule has 1 aromatic rings. The summed E-state index contributed by atoms with van der Waals surface area (Å²) in [5, 5.41) is 2.41. The third kappa shape index (κ3) is 5.58. The minimum absolute atomic E-state index is 0.0306. The number of hydrogen-bond donors (Lipinski definition) is 1. The first-order chi connectivity index (χ1) is 12.4. The monoisotopic (exact) mass is 362 g/mol. The number of rotatable bonds is 7. The second-order valence-corrected chi connectivity index (χ2v) is 6.08. The van der Waals surface area contributed by atoms with Gasteiger partial charge in [0, 0.05) is 18.5 Å². The average molecular weight is 362 g/mol. The summed E-state index contributed by atoms with van der Waals surface area (Å²) in [5.74, 6) is -1.36. The second kappa shape index (κ2) is 8.98. The van der Waals surface area contributed by atoms with Gasteiger partial charge < -0.3 is 14.8 Å². The van der Waals surface area contributed by atoms with Crippen molar-refractivity contribution in [2.24, 2.45) is 0 Å². The van der Waals surface area contributed by atoms with E-state index in [-0.39, 0.29) is 18.6 Å². The summed E-state index contributed by atoms with van der Waals surface area (Å²) in [6, 6.07) is 6.50. The maximum atomic E-state index is 12.0. The first kappa shape index (κ1) is 19.4. The summed E-state index contributed by atoms with van der Waals surface area (Å²) in [6.45, 7) is 3.27. The van der Waals surface area contributed by atoms with Crippen LogP contribution in [-0.2, 0) is 19.1 Å². The molecule has 0 atom stereocenters. The SMILES string of the molecule is CC(C)Oc1ccc(C(=O)NCC(=O)OCC(=O)N2CCCC2=O)cc1. The van der Waals surface area contributed by atoms with Crippen molar-refractivity contribution in [2.75, 3.05) is 19.7 Å². The number of nitrogens with zero attached hydrogens (tertiary/aromatic N) is 1. The van der Waals surface area contributed by atoms with Crippen molar-refractivity contribution in [2.45, 2.75) is 32.8 Å². The fraction of sp³-hybridized carbons (Fsp3) is 0.444. The first-order valence-electron chi connectivity index (χ1n) is 8.40. The van der Waals surface area contributed by atoms with Crippen LogP contribution in [0.4, 0.5) is 0 Å². The molecule has 0 spiro atoms. The molecular weight excluding hydrogens is 340 g/mol. The molecule has 1 aromatic carbocycles. The van der Waals surface area contributed by atoms with Gasteiger partial charge in [0.25, 0.3) is 11.8 Å². The van der Waals surface area contributed by atoms with Crippen molar-refractivity contribution in [1.82, 2.24) is 10.2 Å². The Balaban J connectivity index is 1.73. The van der Waals surface area contributed by atoms with Crippen LogP contribution in [-0.4, -0.2) is 54.4 Å². The van der Waals surface area contributed by atoms with E-state index in [9.17, 15) is 19.2 Å². The molecule has 0 aromatic heterocycles. The molecule has 1 aliphatic rings. The van der Waals surface area contributed by atoms with Crippen LogP contribution in [0.2, 0.25) is 0 Å². The maximum Gasteiger partial charge on any atom is 0.325 e. The van der Waals surface area contributed by atoms with Crippen LogP contribution in [0.25, 0.3) is 0 Å². The van der Waals surface area contributed by atoms with Gasteiger partial charge in [0.1, 0.15) is 12.3 Å². The number of hydrogen-bond acceptors (Lipinski definition) is 6. The minimum atomic E-state index is -0.752. The molecule has 8 heteroatoms. The molecule has 1 saturated heterocycles. The zero-order valence-corrected chi connectivity index (χ0v) is 14.8. The lowest BCUT2D eigenvalue weighted by molar-refractivity contribution is -0.154. The van der Waals surface area contributed by atoms with Gasteiger partial charge in [-0.15, -0.1) is 0 Å². The fourth-order valence-corrected chi connectivity index (χ4v) is 2.39. The highest BCUT2D eigenvalue weighted by Gasteiger charge is 2.26. The van der Waals surface area contributed by atoms with E-state index in [4.69, 9.17) is 9.47 Å². The summed E-state index contributed by atoms with van der Waals surface area (Å²) >= 11 is 0. The van der Waals surface area contributed by atoms with Gasteiger partial charge in [-0.2, -0.15) is 0 Å². The molecule has 0 saturated carbocycles. The van der Waals surface area contributed by atoms with Crippen LogP contribution in [0.3, 0.4) is 0 Å². The zero-order chi connectivity index (χ0) is 19.1. The molecule has 0 aliphatic carbocycles. The summed E-state index contributed by atoms with van der Waals surface area (Å²) < 4.78 is 10.3. The number of carbonyl (C=O) groups excluding carboxylic acids is 4. The van der Waals surface area contributed by atoms with Gasteiger partial charge in [-0.3, -0.25) is 24.1 Å². The smallest absolute Gasteiger partial charge is 0.325 e. The van der Waals surface area contributed by atoms with Crippen molar-refractivity contribution in [3.63, 3.8) is 0 Å². The molecule has 8 nitrogen and oxygen atoms in total. The topological polar surface area (TPSA) is 102 Å². The summed E-state index contributed by atoms with van der Waals surface area (Å²) in [4.78, 5) is 47.9. The van der Waals surface area contributed by atoms with Crippen LogP contribution in [0, 0.1) is 0 Å². The van der Waals surface area contributed by atoms with Gasteiger partial charge in [0.05, 0.1) is 6.10 Å². The first-order valence-corrected chi connectivity index (χ1v) is 8.40. The lowest BCUT2D eigenvalue weighted by Crippen LogP contribution is -2.37. The minimum Gasteiger partial charge on any atom is -0.491 e. The van der Waals surface area contributed by atoms with Crippen molar-refractivity contribution in [3.05, 3.63) is 29.8 Å². The standard InChI is InChI=1S/C18H22N2O6/c1-12(2)26-14-7-5-13(6-8-14)18(24)19-10-17(23)25-11-16(22)20-9-3-4-15(20)21/h5-8,12H,3-4,9-11H2,1-2H3,(H,19,24). The predicted molar refractivity (Wildman–Crippen MR) is 91.5 cm³/mol. The quantitative estimate of drug-likeness (QED) is 0.723. The van der Waals surface area contributed by atoms with E-state index < -0.39 is 24.4 Å². The Morgan fingerprint density at radius 1 is 1.19 bits per heavy atom. The molecule has 1 N–H and O–H groups in total. The van der Waals surface area contributed by atoms with E-state index >= 15 is 0 Å². The van der Waals surface area contributed by atoms with Crippen LogP contribution in [0.1, 0.15) is 37.0 Å². The molecule has 26 heavy (non-hydrogen) atoms. The Morgan fingerprint density at radius 2 is 1.88 bits per heavy atom. The normalized spacial score (nSPS) is 13.7. The largest absolute Gasteiger partial charge is 0.491 e. The number of esters is 1. The molecule has 3 amide bonds. The molecule has 0 radical (unpaired) electrons. The summed E-state index contributed by atoms with van der Waals surface area (Å²) in [7, 11) is 0. The van der Waals surface area contributed by atoms with Crippen molar-refractivity contribution in [3.8, 4) is 5.75 Å². The molecule has 140 valence electrons. The van der Waals surface area contributed by atoms with E-state index in [1.807, 2.05) is 13.8 Å². The molecular formula is C18H22N2O6. The molecule has 2 rings (SSSR count). The van der Waals surface area contributed by atoms with Gasteiger partial charge in [0.15, 0.2) is 6.61 Å². The second-order valence-electron chi connectivity index (χ2n) is 6.08. The Labute approximate surface area is 151 Å². The summed E-state index contributed by atoms with van der Waals surface area (Å²) in [5.41, 5.74) is 0.368. The number of amides is 3. The van der Waals surface area contributed by atoms with Gasteiger partial charge in [-0.25, -0.2) is 0 Å². The summed E-state index contributed by atoms with van der Waals surface area (Å²) in [6.07, 6.45) is 0.981. The van der Waals surface area contributed by atoms with Gasteiger partial charge in [0.2, 0.25) is 5.91 Å². The van der Waals surface area contributed by atoms with Gasteiger partial charge >= 0.3 is 5.97 Å². The zero-order valence-electron chi connectivity index (χ0n) is 14.8.